The third kappa shape index (κ3) is 1.83. The van der Waals surface area contributed by atoms with Crippen molar-refractivity contribution in [3.8, 4) is 6.07 Å². The van der Waals surface area contributed by atoms with Gasteiger partial charge in [0.05, 0.1) is 5.69 Å². The molecule has 5 nitrogen and oxygen atoms in total. The molecule has 0 atom stereocenters. The van der Waals surface area contributed by atoms with Crippen LogP contribution >= 0.6 is 0 Å². The summed E-state index contributed by atoms with van der Waals surface area (Å²) in [5, 5.41) is 12.2. The quantitative estimate of drug-likeness (QED) is 0.865. The maximum absolute atomic E-state index is 12.7. The number of nitrogens with zero attached hydrogens (tertiary/aromatic N) is 3. The number of H-pyrrole nitrogens is 1. The number of aromatic amines is 1. The molecule has 2 aromatic rings. The standard InChI is InChI=1S/C15H18N4O/c1-9-12(8-16)14-17-10(2)13(15(20)19(14)18-9)11-6-4-3-5-7-11/h11,18H,3-7H2,1-2H3. The summed E-state index contributed by atoms with van der Waals surface area (Å²) in [6.07, 6.45) is 5.74. The molecule has 0 bridgehead atoms. The first-order valence-electron chi connectivity index (χ1n) is 7.15. The maximum atomic E-state index is 12.7. The van der Waals surface area contributed by atoms with Crippen LogP contribution in [0, 0.1) is 25.2 Å². The minimum atomic E-state index is -0.0380. The van der Waals surface area contributed by atoms with Crippen molar-refractivity contribution < 1.29 is 0 Å². The van der Waals surface area contributed by atoms with Crippen LogP contribution in [0.2, 0.25) is 0 Å². The first kappa shape index (κ1) is 12.9. The van der Waals surface area contributed by atoms with Crippen LogP contribution in [-0.4, -0.2) is 14.6 Å². The van der Waals surface area contributed by atoms with Gasteiger partial charge in [0.2, 0.25) is 0 Å². The predicted octanol–water partition coefficient (Wildman–Crippen LogP) is 2.56. The molecule has 2 heterocycles. The number of rotatable bonds is 1. The lowest BCUT2D eigenvalue weighted by molar-refractivity contribution is 0.437. The maximum Gasteiger partial charge on any atom is 0.276 e. The van der Waals surface area contributed by atoms with Gasteiger partial charge in [0.15, 0.2) is 5.65 Å². The first-order valence-corrected chi connectivity index (χ1v) is 7.15. The Morgan fingerprint density at radius 3 is 2.65 bits per heavy atom. The Kier molecular flexibility index (Phi) is 3.09. The van der Waals surface area contributed by atoms with E-state index in [4.69, 9.17) is 0 Å². The number of hydrogen-bond acceptors (Lipinski definition) is 3. The Bertz CT molecular complexity index is 757. The van der Waals surface area contributed by atoms with Crippen LogP contribution in [0.15, 0.2) is 4.79 Å². The van der Waals surface area contributed by atoms with Crippen LogP contribution < -0.4 is 5.56 Å². The van der Waals surface area contributed by atoms with Gasteiger partial charge in [0.25, 0.3) is 5.56 Å². The zero-order chi connectivity index (χ0) is 14.3. The molecule has 1 fully saturated rings. The third-order valence-corrected chi connectivity index (χ3v) is 4.31. The molecule has 0 aliphatic heterocycles. The molecule has 0 spiro atoms. The van der Waals surface area contributed by atoms with Gasteiger partial charge in [-0.2, -0.15) is 9.78 Å². The highest BCUT2D eigenvalue weighted by molar-refractivity contribution is 5.58. The topological polar surface area (TPSA) is 73.9 Å². The summed E-state index contributed by atoms with van der Waals surface area (Å²) in [5.41, 5.74) is 3.17. The fourth-order valence-electron chi connectivity index (χ4n) is 3.30. The van der Waals surface area contributed by atoms with E-state index in [1.54, 1.807) is 6.92 Å². The second-order valence-corrected chi connectivity index (χ2v) is 5.63. The van der Waals surface area contributed by atoms with E-state index in [-0.39, 0.29) is 5.56 Å². The van der Waals surface area contributed by atoms with E-state index in [2.05, 4.69) is 16.2 Å². The lowest BCUT2D eigenvalue weighted by Crippen LogP contribution is -2.25. The van der Waals surface area contributed by atoms with E-state index in [1.807, 2.05) is 6.92 Å². The lowest BCUT2D eigenvalue weighted by atomic mass is 9.84. The number of aromatic nitrogens is 3. The number of hydrogen-bond donors (Lipinski definition) is 1. The van der Waals surface area contributed by atoms with E-state index in [9.17, 15) is 10.1 Å². The molecule has 1 aliphatic rings. The van der Waals surface area contributed by atoms with E-state index in [0.29, 0.717) is 22.8 Å². The Balaban J connectivity index is 2.25. The first-order chi connectivity index (χ1) is 9.63. The van der Waals surface area contributed by atoms with Gasteiger partial charge in [-0.25, -0.2) is 4.98 Å². The number of nitrogens with one attached hydrogen (secondary N) is 1. The van der Waals surface area contributed by atoms with Crippen molar-refractivity contribution in [3.63, 3.8) is 0 Å². The van der Waals surface area contributed by atoms with Crippen molar-refractivity contribution in [2.75, 3.05) is 0 Å². The minimum Gasteiger partial charge on any atom is -0.293 e. The monoisotopic (exact) mass is 270 g/mol. The molecule has 0 radical (unpaired) electrons. The molecule has 1 aliphatic carbocycles. The van der Waals surface area contributed by atoms with Gasteiger partial charge in [-0.3, -0.25) is 9.89 Å². The summed E-state index contributed by atoms with van der Waals surface area (Å²) in [6.45, 7) is 3.68. The zero-order valence-corrected chi connectivity index (χ0v) is 11.9. The summed E-state index contributed by atoms with van der Waals surface area (Å²) >= 11 is 0. The summed E-state index contributed by atoms with van der Waals surface area (Å²) in [4.78, 5) is 17.2. The number of aryl methyl sites for hydroxylation is 2. The Hall–Kier alpha value is -2.09. The van der Waals surface area contributed by atoms with Crippen molar-refractivity contribution in [3.05, 3.63) is 32.9 Å². The van der Waals surface area contributed by atoms with Gasteiger partial charge in [-0.15, -0.1) is 0 Å². The van der Waals surface area contributed by atoms with E-state index < -0.39 is 0 Å². The van der Waals surface area contributed by atoms with Crippen LogP contribution in [0.3, 0.4) is 0 Å². The Morgan fingerprint density at radius 2 is 2.00 bits per heavy atom. The fourth-order valence-corrected chi connectivity index (χ4v) is 3.30. The second-order valence-electron chi connectivity index (χ2n) is 5.63. The van der Waals surface area contributed by atoms with E-state index in [1.165, 1.54) is 23.8 Å². The molecule has 0 saturated heterocycles. The Labute approximate surface area is 117 Å². The van der Waals surface area contributed by atoms with Gasteiger partial charge >= 0.3 is 0 Å². The van der Waals surface area contributed by atoms with Crippen LogP contribution in [-0.2, 0) is 0 Å². The normalized spacial score (nSPS) is 16.4. The number of nitriles is 1. The molecule has 5 heteroatoms. The largest absolute Gasteiger partial charge is 0.293 e. The summed E-state index contributed by atoms with van der Waals surface area (Å²) < 4.78 is 1.44. The molecule has 0 unspecified atom stereocenters. The highest BCUT2D eigenvalue weighted by Crippen LogP contribution is 2.32. The molecular weight excluding hydrogens is 252 g/mol. The van der Waals surface area contributed by atoms with Gasteiger partial charge < -0.3 is 0 Å². The van der Waals surface area contributed by atoms with Crippen molar-refractivity contribution in [2.45, 2.75) is 51.9 Å². The third-order valence-electron chi connectivity index (χ3n) is 4.31. The predicted molar refractivity (Wildman–Crippen MR) is 75.8 cm³/mol. The molecular formula is C15H18N4O. The van der Waals surface area contributed by atoms with Crippen molar-refractivity contribution in [1.29, 1.82) is 5.26 Å². The smallest absolute Gasteiger partial charge is 0.276 e. The number of fused-ring (bicyclic) bond motifs is 1. The van der Waals surface area contributed by atoms with Gasteiger partial charge in [-0.05, 0) is 32.6 Å². The molecule has 1 saturated carbocycles. The van der Waals surface area contributed by atoms with Crippen LogP contribution in [0.25, 0.3) is 5.65 Å². The molecule has 2 aromatic heterocycles. The SMILES string of the molecule is Cc1nc2c(C#N)c(C)[nH]n2c(=O)c1C1CCCCC1. The zero-order valence-electron chi connectivity index (χ0n) is 11.9. The van der Waals surface area contributed by atoms with Gasteiger partial charge in [-0.1, -0.05) is 19.3 Å². The Morgan fingerprint density at radius 1 is 1.30 bits per heavy atom. The van der Waals surface area contributed by atoms with Crippen molar-refractivity contribution in [2.24, 2.45) is 0 Å². The van der Waals surface area contributed by atoms with E-state index >= 15 is 0 Å². The lowest BCUT2D eigenvalue weighted by Gasteiger charge is -2.22. The van der Waals surface area contributed by atoms with Crippen LogP contribution in [0.5, 0.6) is 0 Å². The molecule has 1 N–H and O–H groups in total. The minimum absolute atomic E-state index is 0.0380. The van der Waals surface area contributed by atoms with E-state index in [0.717, 1.165) is 24.1 Å². The molecule has 104 valence electrons. The fraction of sp³-hybridized carbons (Fsp3) is 0.533. The van der Waals surface area contributed by atoms with Gasteiger partial charge in [0.1, 0.15) is 11.6 Å². The average molecular weight is 270 g/mol. The van der Waals surface area contributed by atoms with Crippen LogP contribution in [0.1, 0.15) is 60.5 Å². The molecule has 20 heavy (non-hydrogen) atoms. The molecule has 0 amide bonds. The summed E-state index contributed by atoms with van der Waals surface area (Å²) in [5.74, 6) is 0.315. The molecule has 0 aromatic carbocycles. The highest BCUT2D eigenvalue weighted by Gasteiger charge is 2.24. The van der Waals surface area contributed by atoms with Gasteiger partial charge in [0, 0.05) is 11.3 Å². The van der Waals surface area contributed by atoms with Crippen LogP contribution in [0.4, 0.5) is 0 Å². The second kappa shape index (κ2) is 4.78. The van der Waals surface area contributed by atoms with Crippen molar-refractivity contribution in [1.82, 2.24) is 14.6 Å². The average Bonchev–Trinajstić information content (AvgIpc) is 2.76. The highest BCUT2D eigenvalue weighted by atomic mass is 16.1. The summed E-state index contributed by atoms with van der Waals surface area (Å²) in [6, 6.07) is 2.12. The van der Waals surface area contributed by atoms with Crippen molar-refractivity contribution >= 4 is 5.65 Å². The molecule has 3 rings (SSSR count). The summed E-state index contributed by atoms with van der Waals surface area (Å²) in [7, 11) is 0.